The molecule has 170 valence electrons. The first-order chi connectivity index (χ1) is 15.5. The Kier molecular flexibility index (Phi) is 7.18. The Morgan fingerprint density at radius 3 is 2.91 bits per heavy atom. The molecule has 0 saturated carbocycles. The first kappa shape index (κ1) is 22.8. The summed E-state index contributed by atoms with van der Waals surface area (Å²) in [6.07, 6.45) is 8.02. The Bertz CT molecular complexity index is 1050. The molecule has 0 radical (unpaired) electrons. The zero-order valence-corrected chi connectivity index (χ0v) is 19.4. The topological polar surface area (TPSA) is 74.2 Å². The third-order valence-corrected chi connectivity index (χ3v) is 7.55. The molecular weight excluding hydrogens is 425 g/mol. The first-order valence-corrected chi connectivity index (χ1v) is 12.1. The number of halogens is 1. The highest BCUT2D eigenvalue weighted by Gasteiger charge is 2.30. The monoisotopic (exact) mass is 455 g/mol. The van der Waals surface area contributed by atoms with Crippen LogP contribution in [0.4, 0.5) is 4.39 Å². The maximum absolute atomic E-state index is 14.0. The molecule has 4 rings (SSSR count). The third-order valence-electron chi connectivity index (χ3n) is 6.25. The van der Waals surface area contributed by atoms with Crippen molar-refractivity contribution in [3.05, 3.63) is 68.4 Å². The summed E-state index contributed by atoms with van der Waals surface area (Å²) >= 11 is 1.57. The van der Waals surface area contributed by atoms with E-state index < -0.39 is 0 Å². The second kappa shape index (κ2) is 10.1. The molecule has 2 unspecified atom stereocenters. The van der Waals surface area contributed by atoms with Crippen molar-refractivity contribution < 1.29 is 14.3 Å². The number of nitrogens with zero attached hydrogens (tertiary/aromatic N) is 1. The summed E-state index contributed by atoms with van der Waals surface area (Å²) in [5, 5.41) is 17.0. The molecular formula is C25H30FN3O2S. The third kappa shape index (κ3) is 5.00. The lowest BCUT2D eigenvalue weighted by Gasteiger charge is -2.31. The van der Waals surface area contributed by atoms with Gasteiger partial charge >= 0.3 is 0 Å². The number of rotatable bonds is 7. The highest BCUT2D eigenvalue weighted by molar-refractivity contribution is 7.11. The van der Waals surface area contributed by atoms with Gasteiger partial charge in [-0.1, -0.05) is 30.7 Å². The largest absolute Gasteiger partial charge is 0.396 e. The van der Waals surface area contributed by atoms with Gasteiger partial charge in [-0.3, -0.25) is 4.79 Å². The smallest absolute Gasteiger partial charge is 0.248 e. The number of aliphatic hydroxyl groups excluding tert-OH is 1. The predicted octanol–water partition coefficient (Wildman–Crippen LogP) is 4.15. The number of thiazole rings is 1. The fourth-order valence-electron chi connectivity index (χ4n) is 4.32. The second-order valence-electron chi connectivity index (χ2n) is 8.57. The fourth-order valence-corrected chi connectivity index (χ4v) is 5.49. The number of allylic oxidation sites excluding steroid dienone is 3. The Labute approximate surface area is 192 Å². The number of benzene rings is 1. The molecule has 1 fully saturated rings. The molecule has 1 aromatic carbocycles. The van der Waals surface area contributed by atoms with E-state index in [1.54, 1.807) is 24.3 Å². The number of hydrogen-bond donors (Lipinski definition) is 3. The van der Waals surface area contributed by atoms with E-state index in [-0.39, 0.29) is 30.4 Å². The number of aromatic nitrogens is 1. The van der Waals surface area contributed by atoms with Crippen molar-refractivity contribution in [3.8, 4) is 0 Å². The molecule has 2 heterocycles. The summed E-state index contributed by atoms with van der Waals surface area (Å²) in [7, 11) is 0. The van der Waals surface area contributed by atoms with E-state index in [0.717, 1.165) is 52.5 Å². The van der Waals surface area contributed by atoms with Gasteiger partial charge in [0.2, 0.25) is 5.91 Å². The van der Waals surface area contributed by atoms with Crippen LogP contribution >= 0.6 is 11.3 Å². The number of nitrogens with one attached hydrogen (secondary N) is 2. The molecule has 1 aliphatic carbocycles. The molecule has 7 heteroatoms. The van der Waals surface area contributed by atoms with Crippen molar-refractivity contribution in [2.45, 2.75) is 58.0 Å². The summed E-state index contributed by atoms with van der Waals surface area (Å²) in [6.45, 7) is 4.71. The number of piperidine rings is 1. The zero-order valence-electron chi connectivity index (χ0n) is 18.6. The molecule has 2 atom stereocenters. The van der Waals surface area contributed by atoms with Gasteiger partial charge in [0.1, 0.15) is 10.8 Å². The normalized spacial score (nSPS) is 19.4. The number of amides is 1. The van der Waals surface area contributed by atoms with Gasteiger partial charge < -0.3 is 15.7 Å². The predicted molar refractivity (Wildman–Crippen MR) is 126 cm³/mol. The van der Waals surface area contributed by atoms with E-state index in [1.807, 2.05) is 25.1 Å². The van der Waals surface area contributed by atoms with E-state index in [2.05, 4.69) is 10.6 Å². The van der Waals surface area contributed by atoms with Gasteiger partial charge in [0.25, 0.3) is 0 Å². The molecule has 3 N–H and O–H groups in total. The molecule has 1 amide bonds. The van der Waals surface area contributed by atoms with Crippen LogP contribution in [0.2, 0.25) is 0 Å². The number of aryl methyl sites for hydroxylation is 2. The minimum atomic E-state index is -0.234. The Morgan fingerprint density at radius 1 is 1.34 bits per heavy atom. The quantitative estimate of drug-likeness (QED) is 0.587. The highest BCUT2D eigenvalue weighted by Crippen LogP contribution is 2.32. The van der Waals surface area contributed by atoms with E-state index in [0.29, 0.717) is 24.0 Å². The van der Waals surface area contributed by atoms with Crippen LogP contribution in [0.5, 0.6) is 0 Å². The van der Waals surface area contributed by atoms with Crippen LogP contribution in [0, 0.1) is 19.7 Å². The molecule has 2 aliphatic rings. The Hall–Kier alpha value is -2.35. The van der Waals surface area contributed by atoms with E-state index in [1.165, 1.54) is 6.07 Å². The number of hydrogen-bond acceptors (Lipinski definition) is 5. The zero-order chi connectivity index (χ0) is 22.7. The van der Waals surface area contributed by atoms with Crippen molar-refractivity contribution in [1.29, 1.82) is 0 Å². The van der Waals surface area contributed by atoms with Crippen LogP contribution < -0.4 is 10.6 Å². The lowest BCUT2D eigenvalue weighted by molar-refractivity contribution is -0.118. The second-order valence-corrected chi connectivity index (χ2v) is 9.68. The van der Waals surface area contributed by atoms with Gasteiger partial charge in [-0.2, -0.15) is 0 Å². The van der Waals surface area contributed by atoms with Crippen LogP contribution in [-0.2, 0) is 11.2 Å². The summed E-state index contributed by atoms with van der Waals surface area (Å²) < 4.78 is 14.0. The van der Waals surface area contributed by atoms with Crippen molar-refractivity contribution in [2.24, 2.45) is 0 Å². The van der Waals surface area contributed by atoms with Gasteiger partial charge in [-0.25, -0.2) is 9.37 Å². The summed E-state index contributed by atoms with van der Waals surface area (Å²) in [4.78, 5) is 19.0. The lowest BCUT2D eigenvalue weighted by atomic mass is 9.97. The number of aliphatic hydroxyl groups is 1. The Morgan fingerprint density at radius 2 is 2.19 bits per heavy atom. The van der Waals surface area contributed by atoms with Crippen molar-refractivity contribution in [2.75, 3.05) is 13.2 Å². The van der Waals surface area contributed by atoms with E-state index in [9.17, 15) is 14.3 Å². The molecule has 0 spiro atoms. The molecule has 0 bridgehead atoms. The summed E-state index contributed by atoms with van der Waals surface area (Å²) in [5.74, 6) is -0.347. The van der Waals surface area contributed by atoms with Gasteiger partial charge in [0.05, 0.1) is 11.7 Å². The van der Waals surface area contributed by atoms with E-state index >= 15 is 0 Å². The fraction of sp³-hybridized carbons (Fsp3) is 0.440. The summed E-state index contributed by atoms with van der Waals surface area (Å²) in [6, 6.07) is 5.10. The maximum atomic E-state index is 14.0. The summed E-state index contributed by atoms with van der Waals surface area (Å²) in [5.41, 5.74) is 3.95. The molecule has 32 heavy (non-hydrogen) atoms. The Balaban J connectivity index is 1.49. The molecule has 1 aliphatic heterocycles. The maximum Gasteiger partial charge on any atom is 0.248 e. The first-order valence-electron chi connectivity index (χ1n) is 11.2. The standard InChI is InChI=1S/C25H30FN3O2S/c1-15-6-7-18(14-20(15)26)17-8-9-19(13-17)24(31)29-23(21-5-3-4-11-27-21)25-28-16(2)22(32-25)10-12-30/h6-9,14,21,23,27,30H,3-5,10-13H2,1-2H3,(H,29,31). The number of carbonyl (C=O) groups is 1. The number of carbonyl (C=O) groups excluding carboxylic acids is 1. The van der Waals surface area contributed by atoms with Crippen molar-refractivity contribution in [1.82, 2.24) is 15.6 Å². The highest BCUT2D eigenvalue weighted by atomic mass is 32.1. The SMILES string of the molecule is Cc1ccc(C2=CC=C(C(=O)NC(c3nc(C)c(CCO)s3)C3CCCCN3)C2)cc1F. The van der Waals surface area contributed by atoms with Crippen molar-refractivity contribution >= 4 is 22.8 Å². The van der Waals surface area contributed by atoms with E-state index in [4.69, 9.17) is 4.98 Å². The minimum absolute atomic E-state index is 0.0854. The van der Waals surface area contributed by atoms with Crippen molar-refractivity contribution in [3.63, 3.8) is 0 Å². The molecule has 1 saturated heterocycles. The van der Waals surface area contributed by atoms with Gasteiger partial charge in [0.15, 0.2) is 0 Å². The van der Waals surface area contributed by atoms with Crippen LogP contribution in [0.25, 0.3) is 5.57 Å². The average molecular weight is 456 g/mol. The van der Waals surface area contributed by atoms with Crippen LogP contribution in [0.15, 0.2) is 35.9 Å². The minimum Gasteiger partial charge on any atom is -0.396 e. The van der Waals surface area contributed by atoms with Gasteiger partial charge in [-0.15, -0.1) is 11.3 Å². The molecule has 5 nitrogen and oxygen atoms in total. The molecule has 1 aromatic heterocycles. The molecule has 2 aromatic rings. The lowest BCUT2D eigenvalue weighted by Crippen LogP contribution is -2.46. The van der Waals surface area contributed by atoms with Gasteiger partial charge in [-0.05, 0) is 56.0 Å². The van der Waals surface area contributed by atoms with Gasteiger partial charge in [0, 0.05) is 35.9 Å². The van der Waals surface area contributed by atoms with Crippen LogP contribution in [0.3, 0.4) is 0 Å². The van der Waals surface area contributed by atoms with Crippen LogP contribution in [-0.4, -0.2) is 35.2 Å². The average Bonchev–Trinajstić information content (AvgIpc) is 3.42. The van der Waals surface area contributed by atoms with Crippen LogP contribution in [0.1, 0.15) is 58.4 Å².